The molecule has 1 N–H and O–H groups in total. The van der Waals surface area contributed by atoms with E-state index in [4.69, 9.17) is 0 Å². The molecule has 0 atom stereocenters. The molecule has 0 fully saturated rings. The minimum atomic E-state index is -0.0568. The van der Waals surface area contributed by atoms with Crippen LogP contribution in [0.2, 0.25) is 0 Å². The van der Waals surface area contributed by atoms with Crippen molar-refractivity contribution in [3.63, 3.8) is 0 Å². The summed E-state index contributed by atoms with van der Waals surface area (Å²) in [6, 6.07) is 13.5. The Bertz CT molecular complexity index is 859. The van der Waals surface area contributed by atoms with Crippen LogP contribution in [-0.4, -0.2) is 22.4 Å². The van der Waals surface area contributed by atoms with E-state index >= 15 is 0 Å². The standard InChI is InChI=1S/C20H21N3O/c1-3-4-10-22-20(24)16-13-19(18-7-5-6-11-21-18)23-17-9-8-14(2)12-15(16)17/h5-9,11-13H,3-4,10H2,1-2H3,(H,22,24). The molecule has 0 spiro atoms. The van der Waals surface area contributed by atoms with Gasteiger partial charge in [0.1, 0.15) is 0 Å². The van der Waals surface area contributed by atoms with Crippen molar-refractivity contribution in [1.82, 2.24) is 15.3 Å². The molecule has 2 heterocycles. The van der Waals surface area contributed by atoms with E-state index in [0.717, 1.165) is 35.0 Å². The molecular weight excluding hydrogens is 298 g/mol. The van der Waals surface area contributed by atoms with Crippen LogP contribution in [0, 0.1) is 6.92 Å². The highest BCUT2D eigenvalue weighted by Gasteiger charge is 2.14. The number of pyridine rings is 2. The molecule has 122 valence electrons. The fraction of sp³-hybridized carbons (Fsp3) is 0.250. The zero-order valence-electron chi connectivity index (χ0n) is 14.0. The number of benzene rings is 1. The van der Waals surface area contributed by atoms with Crippen LogP contribution in [0.25, 0.3) is 22.3 Å². The summed E-state index contributed by atoms with van der Waals surface area (Å²) >= 11 is 0. The molecule has 0 saturated heterocycles. The molecule has 1 aromatic carbocycles. The molecule has 24 heavy (non-hydrogen) atoms. The number of hydrogen-bond acceptors (Lipinski definition) is 3. The largest absolute Gasteiger partial charge is 0.352 e. The number of hydrogen-bond donors (Lipinski definition) is 1. The summed E-state index contributed by atoms with van der Waals surface area (Å²) in [5, 5.41) is 3.88. The van der Waals surface area contributed by atoms with Gasteiger partial charge in [0.2, 0.25) is 0 Å². The lowest BCUT2D eigenvalue weighted by Gasteiger charge is -2.11. The van der Waals surface area contributed by atoms with Crippen molar-refractivity contribution in [3.8, 4) is 11.4 Å². The lowest BCUT2D eigenvalue weighted by Crippen LogP contribution is -2.24. The molecule has 0 radical (unpaired) electrons. The van der Waals surface area contributed by atoms with Gasteiger partial charge < -0.3 is 5.32 Å². The molecule has 4 heteroatoms. The summed E-state index contributed by atoms with van der Waals surface area (Å²) in [4.78, 5) is 21.7. The number of fused-ring (bicyclic) bond motifs is 1. The van der Waals surface area contributed by atoms with Crippen molar-refractivity contribution < 1.29 is 4.79 Å². The molecule has 0 aliphatic heterocycles. The highest BCUT2D eigenvalue weighted by atomic mass is 16.1. The molecule has 4 nitrogen and oxygen atoms in total. The van der Waals surface area contributed by atoms with E-state index in [9.17, 15) is 4.79 Å². The zero-order chi connectivity index (χ0) is 16.9. The summed E-state index contributed by atoms with van der Waals surface area (Å²) < 4.78 is 0. The van der Waals surface area contributed by atoms with Gasteiger partial charge >= 0.3 is 0 Å². The molecule has 0 saturated carbocycles. The minimum Gasteiger partial charge on any atom is -0.352 e. The molecule has 3 rings (SSSR count). The van der Waals surface area contributed by atoms with Crippen LogP contribution >= 0.6 is 0 Å². The van der Waals surface area contributed by atoms with Gasteiger partial charge in [-0.25, -0.2) is 4.98 Å². The van der Waals surface area contributed by atoms with Crippen molar-refractivity contribution in [2.75, 3.05) is 6.54 Å². The van der Waals surface area contributed by atoms with Gasteiger partial charge in [0.15, 0.2) is 0 Å². The predicted molar refractivity (Wildman–Crippen MR) is 97.0 cm³/mol. The highest BCUT2D eigenvalue weighted by Crippen LogP contribution is 2.24. The van der Waals surface area contributed by atoms with Gasteiger partial charge in [0.05, 0.1) is 22.5 Å². The van der Waals surface area contributed by atoms with Gasteiger partial charge in [-0.2, -0.15) is 0 Å². The second-order valence-electron chi connectivity index (χ2n) is 5.90. The lowest BCUT2D eigenvalue weighted by molar-refractivity contribution is 0.0955. The zero-order valence-corrected chi connectivity index (χ0v) is 14.0. The first-order valence-corrected chi connectivity index (χ1v) is 8.30. The topological polar surface area (TPSA) is 54.9 Å². The maximum Gasteiger partial charge on any atom is 0.252 e. The van der Waals surface area contributed by atoms with Crippen LogP contribution in [0.15, 0.2) is 48.7 Å². The molecular formula is C20H21N3O. The number of aromatic nitrogens is 2. The summed E-state index contributed by atoms with van der Waals surface area (Å²) in [5.74, 6) is -0.0568. The average Bonchev–Trinajstić information content (AvgIpc) is 2.61. The van der Waals surface area contributed by atoms with E-state index < -0.39 is 0 Å². The first kappa shape index (κ1) is 16.1. The van der Waals surface area contributed by atoms with E-state index in [2.05, 4.69) is 22.2 Å². The van der Waals surface area contributed by atoms with Crippen LogP contribution in [0.1, 0.15) is 35.7 Å². The van der Waals surface area contributed by atoms with Gasteiger partial charge in [0.25, 0.3) is 5.91 Å². The van der Waals surface area contributed by atoms with Crippen molar-refractivity contribution >= 4 is 16.8 Å². The summed E-state index contributed by atoms with van der Waals surface area (Å²) in [6.45, 7) is 4.81. The van der Waals surface area contributed by atoms with Crippen molar-refractivity contribution in [2.24, 2.45) is 0 Å². The number of nitrogens with one attached hydrogen (secondary N) is 1. The molecule has 0 aliphatic carbocycles. The molecule has 0 unspecified atom stereocenters. The number of amides is 1. The van der Waals surface area contributed by atoms with Crippen molar-refractivity contribution in [2.45, 2.75) is 26.7 Å². The third-order valence-corrected chi connectivity index (χ3v) is 3.95. The van der Waals surface area contributed by atoms with E-state index in [0.29, 0.717) is 17.8 Å². The average molecular weight is 319 g/mol. The van der Waals surface area contributed by atoms with Gasteiger partial charge in [-0.15, -0.1) is 0 Å². The molecule has 3 aromatic rings. The Morgan fingerprint density at radius 2 is 2.00 bits per heavy atom. The van der Waals surface area contributed by atoms with Crippen LogP contribution in [0.3, 0.4) is 0 Å². The summed E-state index contributed by atoms with van der Waals surface area (Å²) in [6.07, 6.45) is 3.76. The third kappa shape index (κ3) is 3.43. The lowest BCUT2D eigenvalue weighted by atomic mass is 10.0. The maximum atomic E-state index is 12.7. The Kier molecular flexibility index (Phi) is 4.85. The van der Waals surface area contributed by atoms with E-state index in [-0.39, 0.29) is 5.91 Å². The first-order valence-electron chi connectivity index (χ1n) is 8.30. The number of carbonyl (C=O) groups is 1. The number of rotatable bonds is 5. The van der Waals surface area contributed by atoms with E-state index in [1.54, 1.807) is 6.20 Å². The second kappa shape index (κ2) is 7.21. The highest BCUT2D eigenvalue weighted by molar-refractivity contribution is 6.07. The number of carbonyl (C=O) groups excluding carboxylic acids is 1. The predicted octanol–water partition coefficient (Wildman–Crippen LogP) is 4.14. The van der Waals surface area contributed by atoms with Gasteiger partial charge in [0, 0.05) is 18.1 Å². The van der Waals surface area contributed by atoms with Crippen molar-refractivity contribution in [1.29, 1.82) is 0 Å². The third-order valence-electron chi connectivity index (χ3n) is 3.95. The first-order chi connectivity index (χ1) is 11.7. The number of aryl methyl sites for hydroxylation is 1. The Labute approximate surface area is 142 Å². The molecule has 0 bridgehead atoms. The smallest absolute Gasteiger partial charge is 0.252 e. The quantitative estimate of drug-likeness (QED) is 0.719. The van der Waals surface area contributed by atoms with Crippen LogP contribution in [-0.2, 0) is 0 Å². The summed E-state index contributed by atoms with van der Waals surface area (Å²) in [7, 11) is 0. The Hall–Kier alpha value is -2.75. The summed E-state index contributed by atoms with van der Waals surface area (Å²) in [5.41, 5.74) is 4.05. The number of unbranched alkanes of at least 4 members (excludes halogenated alkanes) is 1. The van der Waals surface area contributed by atoms with E-state index in [1.165, 1.54) is 0 Å². The molecule has 2 aromatic heterocycles. The monoisotopic (exact) mass is 319 g/mol. The molecule has 0 aliphatic rings. The Morgan fingerprint density at radius 3 is 2.75 bits per heavy atom. The van der Waals surface area contributed by atoms with Crippen LogP contribution in [0.5, 0.6) is 0 Å². The van der Waals surface area contributed by atoms with Crippen LogP contribution < -0.4 is 5.32 Å². The minimum absolute atomic E-state index is 0.0568. The van der Waals surface area contributed by atoms with Gasteiger partial charge in [-0.3, -0.25) is 9.78 Å². The van der Waals surface area contributed by atoms with Gasteiger partial charge in [-0.05, 0) is 43.7 Å². The normalized spacial score (nSPS) is 10.8. The SMILES string of the molecule is CCCCNC(=O)c1cc(-c2ccccn2)nc2ccc(C)cc12. The van der Waals surface area contributed by atoms with Gasteiger partial charge in [-0.1, -0.05) is 31.0 Å². The maximum absolute atomic E-state index is 12.7. The second-order valence-corrected chi connectivity index (χ2v) is 5.90. The fourth-order valence-corrected chi connectivity index (χ4v) is 2.65. The molecule has 1 amide bonds. The Morgan fingerprint density at radius 1 is 1.12 bits per heavy atom. The van der Waals surface area contributed by atoms with Crippen molar-refractivity contribution in [3.05, 3.63) is 59.8 Å². The van der Waals surface area contributed by atoms with Crippen LogP contribution in [0.4, 0.5) is 0 Å². The van der Waals surface area contributed by atoms with E-state index in [1.807, 2.05) is 49.4 Å². The Balaban J connectivity index is 2.10. The fourth-order valence-electron chi connectivity index (χ4n) is 2.65. The number of nitrogens with zero attached hydrogens (tertiary/aromatic N) is 2.